The highest BCUT2D eigenvalue weighted by Crippen LogP contribution is 2.45. The number of hydrogen-bond acceptors (Lipinski definition) is 1. The van der Waals surface area contributed by atoms with E-state index in [0.717, 1.165) is 22.7 Å². The van der Waals surface area contributed by atoms with Gasteiger partial charge in [0.1, 0.15) is 0 Å². The van der Waals surface area contributed by atoms with Crippen molar-refractivity contribution in [1.82, 2.24) is 4.57 Å². The fourth-order valence-corrected chi connectivity index (χ4v) is 10.5. The molecule has 0 unspecified atom stereocenters. The van der Waals surface area contributed by atoms with E-state index in [1.54, 1.807) is 0 Å². The van der Waals surface area contributed by atoms with Crippen LogP contribution >= 0.6 is 0 Å². The van der Waals surface area contributed by atoms with Crippen molar-refractivity contribution in [3.8, 4) is 39.1 Å². The first-order chi connectivity index (χ1) is 32.7. The number of para-hydroxylation sites is 1. The fraction of sp³-hybridized carbons (Fsp3) is 0. The van der Waals surface area contributed by atoms with E-state index in [2.05, 4.69) is 264 Å². The Kier molecular flexibility index (Phi) is 8.89. The van der Waals surface area contributed by atoms with Crippen LogP contribution in [0.3, 0.4) is 0 Å². The maximum absolute atomic E-state index is 2.45. The Morgan fingerprint density at radius 2 is 0.818 bits per heavy atom. The second kappa shape index (κ2) is 15.5. The molecule has 1 heterocycles. The van der Waals surface area contributed by atoms with Gasteiger partial charge in [-0.1, -0.05) is 206 Å². The van der Waals surface area contributed by atoms with Gasteiger partial charge < -0.3 is 9.47 Å². The zero-order chi connectivity index (χ0) is 43.6. The van der Waals surface area contributed by atoms with E-state index >= 15 is 0 Å². The summed E-state index contributed by atoms with van der Waals surface area (Å²) in [4.78, 5) is 2.43. The summed E-state index contributed by atoms with van der Waals surface area (Å²) in [6, 6.07) is 93.2. The minimum Gasteiger partial charge on any atom is -0.310 e. The highest BCUT2D eigenvalue weighted by Gasteiger charge is 2.20. The number of nitrogens with zero attached hydrogens (tertiary/aromatic N) is 2. The van der Waals surface area contributed by atoms with Gasteiger partial charge in [-0.25, -0.2) is 0 Å². The average Bonchev–Trinajstić information content (AvgIpc) is 3.73. The van der Waals surface area contributed by atoms with Gasteiger partial charge in [-0.3, -0.25) is 0 Å². The molecule has 0 spiro atoms. The molecule has 0 N–H and O–H groups in total. The lowest BCUT2D eigenvalue weighted by molar-refractivity contribution is 1.19. The monoisotopic (exact) mass is 838 g/mol. The Morgan fingerprint density at radius 3 is 1.53 bits per heavy atom. The SMILES string of the molecule is c1ccc(-c2cccc3cccc(-c4ccc(N(c5ccc(-c6ccc7c8ccc9ccccc9c8n(-c8ccccc8)c7c6)cc5)c5cc6ccccc6c6ccccc56)cc4)c23)cc1. The molecular weight excluding hydrogens is 797 g/mol. The number of aromatic nitrogens is 1. The number of hydrogen-bond donors (Lipinski definition) is 0. The van der Waals surface area contributed by atoms with Crippen LogP contribution in [0.1, 0.15) is 0 Å². The van der Waals surface area contributed by atoms with Crippen molar-refractivity contribution in [2.45, 2.75) is 0 Å². The van der Waals surface area contributed by atoms with Crippen LogP contribution in [0, 0.1) is 0 Å². The van der Waals surface area contributed by atoms with Crippen molar-refractivity contribution in [3.05, 3.63) is 255 Å². The minimum absolute atomic E-state index is 1.09. The van der Waals surface area contributed by atoms with Crippen LogP contribution in [0.15, 0.2) is 255 Å². The van der Waals surface area contributed by atoms with Crippen LogP contribution in [0.5, 0.6) is 0 Å². The smallest absolute Gasteiger partial charge is 0.0619 e. The van der Waals surface area contributed by atoms with Gasteiger partial charge in [0.15, 0.2) is 0 Å². The summed E-state index contributed by atoms with van der Waals surface area (Å²) < 4.78 is 2.45. The van der Waals surface area contributed by atoms with Crippen LogP contribution in [0.2, 0.25) is 0 Å². The first-order valence-corrected chi connectivity index (χ1v) is 22.8. The lowest BCUT2D eigenvalue weighted by atomic mass is 9.91. The van der Waals surface area contributed by atoms with E-state index in [-0.39, 0.29) is 0 Å². The molecule has 0 radical (unpaired) electrons. The number of anilines is 3. The van der Waals surface area contributed by atoms with Crippen molar-refractivity contribution in [2.24, 2.45) is 0 Å². The van der Waals surface area contributed by atoms with Crippen LogP contribution in [-0.2, 0) is 0 Å². The van der Waals surface area contributed by atoms with Gasteiger partial charge in [0.25, 0.3) is 0 Å². The molecule has 0 atom stereocenters. The molecule has 0 aliphatic carbocycles. The van der Waals surface area contributed by atoms with Crippen LogP contribution in [-0.4, -0.2) is 4.57 Å². The van der Waals surface area contributed by atoms with Gasteiger partial charge in [-0.05, 0) is 114 Å². The van der Waals surface area contributed by atoms with Crippen molar-refractivity contribution in [2.75, 3.05) is 4.90 Å². The maximum Gasteiger partial charge on any atom is 0.0619 e. The Bertz CT molecular complexity index is 3950. The molecule has 0 fully saturated rings. The summed E-state index contributed by atoms with van der Waals surface area (Å²) >= 11 is 0. The molecule has 66 heavy (non-hydrogen) atoms. The second-order valence-electron chi connectivity index (χ2n) is 17.3. The molecule has 12 aromatic carbocycles. The first-order valence-electron chi connectivity index (χ1n) is 22.8. The van der Waals surface area contributed by atoms with E-state index < -0.39 is 0 Å². The Balaban J connectivity index is 0.960. The van der Waals surface area contributed by atoms with Gasteiger partial charge in [-0.2, -0.15) is 0 Å². The fourth-order valence-electron chi connectivity index (χ4n) is 10.5. The topological polar surface area (TPSA) is 8.17 Å². The number of rotatable bonds is 7. The third-order valence-corrected chi connectivity index (χ3v) is 13.5. The molecule has 0 aliphatic heterocycles. The molecule has 0 aliphatic rings. The highest BCUT2D eigenvalue weighted by atomic mass is 15.1. The summed E-state index contributed by atoms with van der Waals surface area (Å²) in [6.07, 6.45) is 0. The van der Waals surface area contributed by atoms with Crippen molar-refractivity contribution >= 4 is 82.0 Å². The molecule has 1 aromatic heterocycles. The molecule has 13 aromatic rings. The Hall–Kier alpha value is -8.72. The molecule has 0 saturated heterocycles. The Morgan fingerprint density at radius 1 is 0.288 bits per heavy atom. The van der Waals surface area contributed by atoms with Gasteiger partial charge in [0.2, 0.25) is 0 Å². The van der Waals surface area contributed by atoms with Gasteiger partial charge in [0, 0.05) is 38.6 Å². The van der Waals surface area contributed by atoms with Crippen LogP contribution in [0.25, 0.3) is 104 Å². The van der Waals surface area contributed by atoms with E-state index in [9.17, 15) is 0 Å². The zero-order valence-corrected chi connectivity index (χ0v) is 36.1. The molecule has 13 rings (SSSR count). The van der Waals surface area contributed by atoms with Gasteiger partial charge in [0.05, 0.1) is 16.7 Å². The lowest BCUT2D eigenvalue weighted by Crippen LogP contribution is -2.10. The Labute approximate surface area is 383 Å². The summed E-state index contributed by atoms with van der Waals surface area (Å²) in [5.41, 5.74) is 14.1. The first kappa shape index (κ1) is 37.8. The quantitative estimate of drug-likeness (QED) is 0.145. The van der Waals surface area contributed by atoms with E-state index in [1.807, 2.05) is 0 Å². The molecular formula is C64H42N2. The van der Waals surface area contributed by atoms with Crippen molar-refractivity contribution in [3.63, 3.8) is 0 Å². The summed E-state index contributed by atoms with van der Waals surface area (Å²) in [7, 11) is 0. The highest BCUT2D eigenvalue weighted by molar-refractivity contribution is 6.19. The predicted octanol–water partition coefficient (Wildman–Crippen LogP) is 17.9. The molecule has 0 amide bonds. The van der Waals surface area contributed by atoms with E-state index in [0.29, 0.717) is 0 Å². The minimum atomic E-state index is 1.09. The third-order valence-electron chi connectivity index (χ3n) is 13.5. The van der Waals surface area contributed by atoms with Crippen LogP contribution in [0.4, 0.5) is 17.1 Å². The van der Waals surface area contributed by atoms with Crippen molar-refractivity contribution in [1.29, 1.82) is 0 Å². The predicted molar refractivity (Wildman–Crippen MR) is 282 cm³/mol. The summed E-state index contributed by atoms with van der Waals surface area (Å²) in [5.74, 6) is 0. The van der Waals surface area contributed by atoms with Gasteiger partial charge in [-0.15, -0.1) is 0 Å². The van der Waals surface area contributed by atoms with Gasteiger partial charge >= 0.3 is 0 Å². The van der Waals surface area contributed by atoms with Crippen molar-refractivity contribution < 1.29 is 0 Å². The summed E-state index contributed by atoms with van der Waals surface area (Å²) in [6.45, 7) is 0. The molecule has 2 nitrogen and oxygen atoms in total. The molecule has 308 valence electrons. The lowest BCUT2D eigenvalue weighted by Gasteiger charge is -2.28. The average molecular weight is 839 g/mol. The zero-order valence-electron chi connectivity index (χ0n) is 36.1. The standard InChI is InChI=1S/C64H42N2/c1-3-15-44(16-4-1)54-27-13-19-47-20-14-28-55(63(47)54)46-31-37-52(38-32-46)65(61-42-49-18-8-9-23-53(49)57-25-11-12-26-58(57)61)51-35-29-43(30-36-51)48-34-39-59-60-40-33-45-17-7-10-24-56(45)64(60)66(62(59)41-48)50-21-5-2-6-22-50/h1-42H. The van der Waals surface area contributed by atoms with Crippen LogP contribution < -0.4 is 4.90 Å². The molecule has 2 heteroatoms. The summed E-state index contributed by atoms with van der Waals surface area (Å²) in [5, 5.41) is 12.4. The number of benzene rings is 12. The molecule has 0 saturated carbocycles. The number of fused-ring (bicyclic) bond motifs is 9. The normalized spacial score (nSPS) is 11.6. The largest absolute Gasteiger partial charge is 0.310 e. The van der Waals surface area contributed by atoms with E-state index in [1.165, 1.54) is 98.3 Å². The third kappa shape index (κ3) is 6.18. The second-order valence-corrected chi connectivity index (χ2v) is 17.3. The van der Waals surface area contributed by atoms with E-state index in [4.69, 9.17) is 0 Å². The molecule has 0 bridgehead atoms. The maximum atomic E-state index is 2.45.